The normalized spacial score (nSPS) is 27.9. The molecular weight excluding hydrogens is 222 g/mol. The van der Waals surface area contributed by atoms with Crippen molar-refractivity contribution in [3.05, 3.63) is 35.4 Å². The van der Waals surface area contributed by atoms with Crippen molar-refractivity contribution in [2.45, 2.75) is 37.6 Å². The Balaban J connectivity index is 2.61. The highest BCUT2D eigenvalue weighted by Gasteiger charge is 2.40. The van der Waals surface area contributed by atoms with Gasteiger partial charge in [0.15, 0.2) is 0 Å². The number of alkyl halides is 1. The summed E-state index contributed by atoms with van der Waals surface area (Å²) in [6, 6.07) is 7.88. The maximum absolute atomic E-state index is 12.1. The van der Waals surface area contributed by atoms with Crippen LogP contribution in [0.5, 0.6) is 0 Å². The Morgan fingerprint density at radius 1 is 1.25 bits per heavy atom. The predicted octanol–water partition coefficient (Wildman–Crippen LogP) is 2.59. The zero-order valence-corrected chi connectivity index (χ0v) is 10.6. The van der Waals surface area contributed by atoms with Crippen molar-refractivity contribution in [1.82, 2.24) is 5.32 Å². The Morgan fingerprint density at radius 3 is 2.56 bits per heavy atom. The van der Waals surface area contributed by atoms with Crippen molar-refractivity contribution in [1.29, 1.82) is 0 Å². The molecule has 0 unspecified atom stereocenters. The second kappa shape index (κ2) is 3.49. The molecule has 1 amide bonds. The predicted molar refractivity (Wildman–Crippen MR) is 65.6 cm³/mol. The standard InChI is InChI=1S/C13H16ClNO/c1-12(2)8-9-6-4-5-7-10(9)13(3,14)11(16)15-12/h4-7H,8H2,1-3H3,(H,15,16)/t13-/m0/s1. The summed E-state index contributed by atoms with van der Waals surface area (Å²) in [6.07, 6.45) is 0.803. The smallest absolute Gasteiger partial charge is 0.245 e. The van der Waals surface area contributed by atoms with Gasteiger partial charge in [-0.2, -0.15) is 0 Å². The molecule has 1 aromatic rings. The van der Waals surface area contributed by atoms with Crippen molar-refractivity contribution in [3.8, 4) is 0 Å². The largest absolute Gasteiger partial charge is 0.349 e. The SMILES string of the molecule is CC1(C)Cc2ccccc2[C@](C)(Cl)C(=O)N1. The van der Waals surface area contributed by atoms with Gasteiger partial charge in [0.1, 0.15) is 4.87 Å². The Labute approximate surface area is 101 Å². The maximum atomic E-state index is 12.1. The third-order valence-corrected chi connectivity index (χ3v) is 3.41. The van der Waals surface area contributed by atoms with E-state index in [-0.39, 0.29) is 11.4 Å². The van der Waals surface area contributed by atoms with Gasteiger partial charge in [0.2, 0.25) is 5.91 Å². The summed E-state index contributed by atoms with van der Waals surface area (Å²) >= 11 is 6.37. The fraction of sp³-hybridized carbons (Fsp3) is 0.462. The van der Waals surface area contributed by atoms with Gasteiger partial charge >= 0.3 is 0 Å². The van der Waals surface area contributed by atoms with Gasteiger partial charge in [-0.1, -0.05) is 24.3 Å². The number of benzene rings is 1. The van der Waals surface area contributed by atoms with Crippen molar-refractivity contribution >= 4 is 17.5 Å². The molecule has 1 aliphatic rings. The topological polar surface area (TPSA) is 29.1 Å². The van der Waals surface area contributed by atoms with Gasteiger partial charge in [0.05, 0.1) is 0 Å². The third kappa shape index (κ3) is 1.82. The first kappa shape index (κ1) is 11.5. The minimum absolute atomic E-state index is 0.121. The van der Waals surface area contributed by atoms with E-state index in [0.717, 1.165) is 17.5 Å². The van der Waals surface area contributed by atoms with Gasteiger partial charge in [0, 0.05) is 5.54 Å². The minimum Gasteiger partial charge on any atom is -0.349 e. The first-order valence-electron chi connectivity index (χ1n) is 5.43. The fourth-order valence-electron chi connectivity index (χ4n) is 2.20. The van der Waals surface area contributed by atoms with E-state index >= 15 is 0 Å². The van der Waals surface area contributed by atoms with Crippen LogP contribution in [0.4, 0.5) is 0 Å². The molecule has 1 aromatic carbocycles. The van der Waals surface area contributed by atoms with E-state index in [1.165, 1.54) is 0 Å². The summed E-state index contributed by atoms with van der Waals surface area (Å²) in [6.45, 7) is 5.78. The maximum Gasteiger partial charge on any atom is 0.245 e. The van der Waals surface area contributed by atoms with Gasteiger partial charge in [-0.3, -0.25) is 4.79 Å². The molecule has 86 valence electrons. The Hall–Kier alpha value is -1.02. The van der Waals surface area contributed by atoms with E-state index in [0.29, 0.717) is 0 Å². The summed E-state index contributed by atoms with van der Waals surface area (Å²) < 4.78 is 0. The monoisotopic (exact) mass is 237 g/mol. The lowest BCUT2D eigenvalue weighted by Gasteiger charge is -2.25. The van der Waals surface area contributed by atoms with Gasteiger partial charge in [-0.15, -0.1) is 11.6 Å². The van der Waals surface area contributed by atoms with Crippen LogP contribution in [0.2, 0.25) is 0 Å². The van der Waals surface area contributed by atoms with E-state index in [4.69, 9.17) is 11.6 Å². The first-order chi connectivity index (χ1) is 7.33. The van der Waals surface area contributed by atoms with Gasteiger partial charge in [-0.05, 0) is 38.3 Å². The van der Waals surface area contributed by atoms with Gasteiger partial charge in [0.25, 0.3) is 0 Å². The second-order valence-corrected chi connectivity index (χ2v) is 5.93. The van der Waals surface area contributed by atoms with Crippen LogP contribution < -0.4 is 5.32 Å². The zero-order chi connectivity index (χ0) is 12.0. The molecule has 0 fully saturated rings. The number of amides is 1. The second-order valence-electron chi connectivity index (χ2n) is 5.17. The molecule has 1 atom stereocenters. The number of rotatable bonds is 0. The average molecular weight is 238 g/mol. The lowest BCUT2D eigenvalue weighted by molar-refractivity contribution is -0.124. The minimum atomic E-state index is -0.968. The average Bonchev–Trinajstić information content (AvgIpc) is 2.22. The van der Waals surface area contributed by atoms with Crippen LogP contribution >= 0.6 is 11.6 Å². The molecular formula is C13H16ClNO. The number of carbonyl (C=O) groups is 1. The molecule has 0 saturated carbocycles. The van der Waals surface area contributed by atoms with E-state index < -0.39 is 4.87 Å². The molecule has 2 nitrogen and oxygen atoms in total. The van der Waals surface area contributed by atoms with Crippen LogP contribution in [0.25, 0.3) is 0 Å². The summed E-state index contributed by atoms with van der Waals surface area (Å²) in [5, 5.41) is 2.98. The van der Waals surface area contributed by atoms with Crippen LogP contribution in [0.15, 0.2) is 24.3 Å². The van der Waals surface area contributed by atoms with Crippen LogP contribution in [0.1, 0.15) is 31.9 Å². The van der Waals surface area contributed by atoms with Crippen molar-refractivity contribution in [2.75, 3.05) is 0 Å². The molecule has 3 heteroatoms. The number of fused-ring (bicyclic) bond motifs is 1. The Morgan fingerprint density at radius 2 is 1.88 bits per heavy atom. The molecule has 1 aliphatic heterocycles. The molecule has 0 radical (unpaired) electrons. The number of hydrogen-bond acceptors (Lipinski definition) is 1. The van der Waals surface area contributed by atoms with Crippen molar-refractivity contribution in [3.63, 3.8) is 0 Å². The van der Waals surface area contributed by atoms with E-state index in [1.54, 1.807) is 6.92 Å². The van der Waals surface area contributed by atoms with Crippen molar-refractivity contribution < 1.29 is 4.79 Å². The number of nitrogens with one attached hydrogen (secondary N) is 1. The van der Waals surface area contributed by atoms with E-state index in [1.807, 2.05) is 38.1 Å². The van der Waals surface area contributed by atoms with Crippen molar-refractivity contribution in [2.24, 2.45) is 0 Å². The molecule has 2 rings (SSSR count). The molecule has 1 N–H and O–H groups in total. The number of carbonyl (C=O) groups excluding carboxylic acids is 1. The summed E-state index contributed by atoms with van der Waals surface area (Å²) in [7, 11) is 0. The summed E-state index contributed by atoms with van der Waals surface area (Å²) in [5.74, 6) is -0.121. The summed E-state index contributed by atoms with van der Waals surface area (Å²) in [5.41, 5.74) is 1.81. The van der Waals surface area contributed by atoms with E-state index in [2.05, 4.69) is 5.32 Å². The zero-order valence-electron chi connectivity index (χ0n) is 9.80. The highest BCUT2D eigenvalue weighted by Crippen LogP contribution is 2.36. The molecule has 0 saturated heterocycles. The summed E-state index contributed by atoms with van der Waals surface area (Å²) in [4.78, 5) is 11.1. The molecule has 0 bridgehead atoms. The third-order valence-electron chi connectivity index (χ3n) is 3.03. The molecule has 0 aromatic heterocycles. The Bertz CT molecular complexity index is 437. The van der Waals surface area contributed by atoms with Gasteiger partial charge < -0.3 is 5.32 Å². The lowest BCUT2D eigenvalue weighted by atomic mass is 9.90. The molecule has 0 aliphatic carbocycles. The molecule has 1 heterocycles. The Kier molecular flexibility index (Phi) is 2.50. The highest BCUT2D eigenvalue weighted by molar-refractivity contribution is 6.34. The number of halogens is 1. The number of hydrogen-bond donors (Lipinski definition) is 1. The van der Waals surface area contributed by atoms with Crippen LogP contribution in [-0.2, 0) is 16.1 Å². The van der Waals surface area contributed by atoms with Crippen LogP contribution in [0, 0.1) is 0 Å². The van der Waals surface area contributed by atoms with E-state index in [9.17, 15) is 4.79 Å². The van der Waals surface area contributed by atoms with Crippen LogP contribution in [0.3, 0.4) is 0 Å². The highest BCUT2D eigenvalue weighted by atomic mass is 35.5. The first-order valence-corrected chi connectivity index (χ1v) is 5.81. The lowest BCUT2D eigenvalue weighted by Crippen LogP contribution is -2.48. The fourth-order valence-corrected chi connectivity index (χ4v) is 2.43. The van der Waals surface area contributed by atoms with Crippen LogP contribution in [-0.4, -0.2) is 11.4 Å². The molecule has 16 heavy (non-hydrogen) atoms. The molecule has 0 spiro atoms. The quantitative estimate of drug-likeness (QED) is 0.691. The van der Waals surface area contributed by atoms with Gasteiger partial charge in [-0.25, -0.2) is 0 Å².